The minimum absolute atomic E-state index is 0.129. The Kier molecular flexibility index (Phi) is 6.91. The Morgan fingerprint density at radius 1 is 1.11 bits per heavy atom. The third-order valence-corrected chi connectivity index (χ3v) is 7.03. The Morgan fingerprint density at radius 3 is 2.61 bits per heavy atom. The van der Waals surface area contributed by atoms with Gasteiger partial charge in [0, 0.05) is 23.5 Å². The van der Waals surface area contributed by atoms with E-state index in [9.17, 15) is 14.7 Å². The van der Waals surface area contributed by atoms with Crippen LogP contribution in [0.3, 0.4) is 0 Å². The van der Waals surface area contributed by atoms with E-state index < -0.39 is 5.60 Å². The number of fused-ring (bicyclic) bond motifs is 1. The molecule has 1 atom stereocenters. The number of aliphatic imine (C=N–C) groups is 1. The number of amides is 1. The highest BCUT2D eigenvalue weighted by atomic mass is 32.1. The largest absolute Gasteiger partial charge is 0.494 e. The van der Waals surface area contributed by atoms with E-state index in [2.05, 4.69) is 16.1 Å². The van der Waals surface area contributed by atoms with Crippen LogP contribution < -0.4 is 5.56 Å². The molecule has 0 bridgehead atoms. The molecule has 0 radical (unpaired) electrons. The summed E-state index contributed by atoms with van der Waals surface area (Å²) < 4.78 is 5.61. The second kappa shape index (κ2) is 10.3. The number of aromatic hydroxyl groups is 1. The third-order valence-electron chi connectivity index (χ3n) is 6.35. The van der Waals surface area contributed by atoms with Gasteiger partial charge >= 0.3 is 6.09 Å². The van der Waals surface area contributed by atoms with Crippen molar-refractivity contribution in [3.63, 3.8) is 0 Å². The number of thiophene rings is 1. The number of rotatable bonds is 4. The molecule has 5 rings (SSSR count). The molecule has 2 aromatic carbocycles. The Balaban J connectivity index is 1.42. The van der Waals surface area contributed by atoms with Gasteiger partial charge in [-0.2, -0.15) is 11.3 Å². The quantitative estimate of drug-likeness (QED) is 0.222. The van der Waals surface area contributed by atoms with Crippen LogP contribution in [0.15, 0.2) is 81.2 Å². The number of aromatic nitrogens is 1. The monoisotopic (exact) mass is 527 g/mol. The lowest BCUT2D eigenvalue weighted by molar-refractivity contribution is 0.0176. The number of nitrogens with zero attached hydrogens (tertiary/aromatic N) is 2. The molecule has 2 N–H and O–H groups in total. The zero-order valence-corrected chi connectivity index (χ0v) is 22.3. The van der Waals surface area contributed by atoms with Crippen molar-refractivity contribution in [1.29, 1.82) is 0 Å². The molecule has 0 saturated heterocycles. The summed E-state index contributed by atoms with van der Waals surface area (Å²) in [6, 6.07) is 15.1. The van der Waals surface area contributed by atoms with Crippen LogP contribution in [-0.4, -0.2) is 39.4 Å². The topological polar surface area (TPSA) is 95.0 Å². The van der Waals surface area contributed by atoms with Gasteiger partial charge in [-0.1, -0.05) is 30.4 Å². The van der Waals surface area contributed by atoms with Crippen LogP contribution >= 0.6 is 11.3 Å². The van der Waals surface area contributed by atoms with Gasteiger partial charge in [0.1, 0.15) is 5.60 Å². The number of carbonyl (C=O) groups excluding carboxylic acids is 1. The number of nitrogens with one attached hydrogen (secondary N) is 1. The third kappa shape index (κ3) is 5.40. The first-order chi connectivity index (χ1) is 18.2. The lowest BCUT2D eigenvalue weighted by Gasteiger charge is -2.34. The fraction of sp³-hybridized carbons (Fsp3) is 0.233. The molecule has 0 aliphatic carbocycles. The summed E-state index contributed by atoms with van der Waals surface area (Å²) in [7, 11) is 0. The average molecular weight is 528 g/mol. The Bertz CT molecular complexity index is 1580. The molecule has 38 heavy (non-hydrogen) atoms. The number of hydrogen-bond acceptors (Lipinski definition) is 6. The minimum atomic E-state index is -0.566. The molecule has 0 spiro atoms. The van der Waals surface area contributed by atoms with E-state index in [4.69, 9.17) is 4.74 Å². The summed E-state index contributed by atoms with van der Waals surface area (Å²) in [5.41, 5.74) is 3.19. The molecule has 1 aliphatic rings. The van der Waals surface area contributed by atoms with Crippen molar-refractivity contribution in [2.75, 3.05) is 6.54 Å². The van der Waals surface area contributed by atoms with Crippen LogP contribution in [0.5, 0.6) is 5.88 Å². The number of pyridine rings is 1. The van der Waals surface area contributed by atoms with Crippen LogP contribution in [0.4, 0.5) is 10.5 Å². The standard InChI is InChI=1S/C30H29N3O4S/c1-30(2,3)37-29(36)33-14-5-4-6-26(33)19-7-10-22(11-8-19)31-17-25-24-16-20(21-13-15-38-18-21)9-12-23(24)27(34)32-28(25)35/h4-5,7-13,15-18,26H,6,14H2,1-3H3,(H2,32,34,35). The fourth-order valence-corrected chi connectivity index (χ4v) is 5.17. The van der Waals surface area contributed by atoms with Gasteiger partial charge in [0.05, 0.1) is 17.3 Å². The Labute approximate surface area is 224 Å². The zero-order valence-electron chi connectivity index (χ0n) is 21.5. The lowest BCUT2D eigenvalue weighted by Crippen LogP contribution is -2.40. The first-order valence-electron chi connectivity index (χ1n) is 12.4. The maximum Gasteiger partial charge on any atom is 0.411 e. The number of aromatic amines is 1. The number of H-pyrrole nitrogens is 1. The summed E-state index contributed by atoms with van der Waals surface area (Å²) in [6.07, 6.45) is 5.98. The molecule has 1 amide bonds. The molecular weight excluding hydrogens is 498 g/mol. The van der Waals surface area contributed by atoms with Gasteiger partial charge < -0.3 is 9.84 Å². The van der Waals surface area contributed by atoms with Crippen molar-refractivity contribution in [2.45, 2.75) is 38.8 Å². The highest BCUT2D eigenvalue weighted by Gasteiger charge is 2.29. The van der Waals surface area contributed by atoms with Crippen LogP contribution in [0, 0.1) is 0 Å². The first-order valence-corrected chi connectivity index (χ1v) is 13.3. The molecular formula is C30H29N3O4S. The van der Waals surface area contributed by atoms with Crippen molar-refractivity contribution in [3.8, 4) is 17.0 Å². The first kappa shape index (κ1) is 25.5. The van der Waals surface area contributed by atoms with Crippen molar-refractivity contribution in [3.05, 3.63) is 92.9 Å². The maximum absolute atomic E-state index is 12.8. The number of hydrogen-bond donors (Lipinski definition) is 2. The van der Waals surface area contributed by atoms with E-state index in [0.717, 1.165) is 16.7 Å². The molecule has 3 heterocycles. The molecule has 1 unspecified atom stereocenters. The SMILES string of the molecule is CC(C)(C)OC(=O)N1CC=CCC1c1ccc(N=Cc2c(O)[nH]c(=O)c3ccc(-c4ccsc4)cc23)cc1. The Morgan fingerprint density at radius 2 is 1.89 bits per heavy atom. The van der Waals surface area contributed by atoms with Crippen LogP contribution in [0.1, 0.15) is 44.4 Å². The molecule has 194 valence electrons. The van der Waals surface area contributed by atoms with Gasteiger partial charge in [-0.3, -0.25) is 19.7 Å². The van der Waals surface area contributed by atoms with Gasteiger partial charge in [0.2, 0.25) is 5.88 Å². The molecule has 2 aromatic heterocycles. The highest BCUT2D eigenvalue weighted by molar-refractivity contribution is 7.08. The minimum Gasteiger partial charge on any atom is -0.494 e. The second-order valence-corrected chi connectivity index (χ2v) is 11.0. The Hall–Kier alpha value is -4.17. The van der Waals surface area contributed by atoms with Gasteiger partial charge in [-0.15, -0.1) is 0 Å². The van der Waals surface area contributed by atoms with E-state index in [1.807, 2.05) is 80.1 Å². The number of ether oxygens (including phenoxy) is 1. The zero-order chi connectivity index (χ0) is 26.9. The lowest BCUT2D eigenvalue weighted by atomic mass is 9.99. The van der Waals surface area contributed by atoms with Gasteiger partial charge in [0.15, 0.2) is 0 Å². The molecule has 8 heteroatoms. The van der Waals surface area contributed by atoms with Gasteiger partial charge in [-0.25, -0.2) is 4.79 Å². The van der Waals surface area contributed by atoms with Crippen molar-refractivity contribution in [2.24, 2.45) is 4.99 Å². The summed E-state index contributed by atoms with van der Waals surface area (Å²) in [6.45, 7) is 6.07. The predicted octanol–water partition coefficient (Wildman–Crippen LogP) is 6.95. The molecule has 7 nitrogen and oxygen atoms in total. The van der Waals surface area contributed by atoms with Crippen LogP contribution in [-0.2, 0) is 4.74 Å². The van der Waals surface area contributed by atoms with E-state index in [0.29, 0.717) is 35.0 Å². The van der Waals surface area contributed by atoms with Crippen LogP contribution in [0.25, 0.3) is 21.9 Å². The summed E-state index contributed by atoms with van der Waals surface area (Å²) in [5, 5.41) is 15.7. The predicted molar refractivity (Wildman–Crippen MR) is 153 cm³/mol. The maximum atomic E-state index is 12.8. The number of benzene rings is 2. The fourth-order valence-electron chi connectivity index (χ4n) is 4.50. The molecule has 0 fully saturated rings. The summed E-state index contributed by atoms with van der Waals surface area (Å²) in [5.74, 6) is -0.229. The highest BCUT2D eigenvalue weighted by Crippen LogP contribution is 2.32. The van der Waals surface area contributed by atoms with E-state index in [1.54, 1.807) is 28.5 Å². The number of carbonyl (C=O) groups is 1. The second-order valence-electron chi connectivity index (χ2n) is 10.2. The van der Waals surface area contributed by atoms with Crippen molar-refractivity contribution in [1.82, 2.24) is 9.88 Å². The van der Waals surface area contributed by atoms with Crippen molar-refractivity contribution < 1.29 is 14.6 Å². The van der Waals surface area contributed by atoms with Gasteiger partial charge in [0.25, 0.3) is 5.56 Å². The van der Waals surface area contributed by atoms with E-state index >= 15 is 0 Å². The summed E-state index contributed by atoms with van der Waals surface area (Å²) in [4.78, 5) is 34.1. The van der Waals surface area contributed by atoms with Crippen molar-refractivity contribution >= 4 is 40.1 Å². The molecule has 1 aliphatic heterocycles. The summed E-state index contributed by atoms with van der Waals surface area (Å²) >= 11 is 1.60. The molecule has 4 aromatic rings. The average Bonchev–Trinajstić information content (AvgIpc) is 3.43. The molecule has 0 saturated carbocycles. The van der Waals surface area contributed by atoms with E-state index in [1.165, 1.54) is 0 Å². The van der Waals surface area contributed by atoms with Gasteiger partial charge in [-0.05, 0) is 85.0 Å². The van der Waals surface area contributed by atoms with Crippen LogP contribution in [0.2, 0.25) is 0 Å². The smallest absolute Gasteiger partial charge is 0.411 e. The normalized spacial score (nSPS) is 15.9. The van der Waals surface area contributed by atoms with E-state index in [-0.39, 0.29) is 23.6 Å².